The van der Waals surface area contributed by atoms with Crippen LogP contribution < -0.4 is 10.6 Å². The second kappa shape index (κ2) is 10.7. The van der Waals surface area contributed by atoms with E-state index in [4.69, 9.17) is 9.47 Å². The van der Waals surface area contributed by atoms with Crippen LogP contribution in [0.1, 0.15) is 16.8 Å². The molecule has 0 bridgehead atoms. The molecule has 160 valence electrons. The van der Waals surface area contributed by atoms with Crippen molar-refractivity contribution in [2.75, 3.05) is 45.9 Å². The monoisotopic (exact) mass is 407 g/mol. The summed E-state index contributed by atoms with van der Waals surface area (Å²) in [5, 5.41) is 25.9. The lowest BCUT2D eigenvalue weighted by molar-refractivity contribution is -0.125. The Hall–Kier alpha value is -2.04. The number of ether oxygens (including phenoxy) is 2. The fourth-order valence-corrected chi connectivity index (χ4v) is 3.48. The normalized spacial score (nSPS) is 27.5. The number of amides is 2. The van der Waals surface area contributed by atoms with E-state index in [2.05, 4.69) is 15.5 Å². The zero-order chi connectivity index (χ0) is 20.6. The predicted octanol–water partition coefficient (Wildman–Crippen LogP) is -1.26. The van der Waals surface area contributed by atoms with E-state index in [0.29, 0.717) is 25.3 Å². The molecule has 2 aliphatic heterocycles. The van der Waals surface area contributed by atoms with E-state index in [1.54, 1.807) is 24.3 Å². The number of morpholine rings is 1. The minimum absolute atomic E-state index is 0.0428. The highest BCUT2D eigenvalue weighted by Crippen LogP contribution is 2.23. The first-order valence-electron chi connectivity index (χ1n) is 9.96. The number of aliphatic hydroxyl groups is 2. The second-order valence-electron chi connectivity index (χ2n) is 7.28. The van der Waals surface area contributed by atoms with Gasteiger partial charge >= 0.3 is 0 Å². The SMILES string of the molecule is O=C(C[C@@H]1O[C@H](CNC(=O)c2ccccc2)[C@@H](O)[C@H]1O)NCCN1CCOCC1. The van der Waals surface area contributed by atoms with Gasteiger partial charge in [-0.3, -0.25) is 14.5 Å². The minimum Gasteiger partial charge on any atom is -0.388 e. The van der Waals surface area contributed by atoms with Gasteiger partial charge in [0.2, 0.25) is 5.91 Å². The maximum atomic E-state index is 12.2. The first-order valence-corrected chi connectivity index (χ1v) is 9.96. The molecule has 4 N–H and O–H groups in total. The average molecular weight is 407 g/mol. The number of hydrogen-bond acceptors (Lipinski definition) is 7. The van der Waals surface area contributed by atoms with Gasteiger partial charge in [0.1, 0.15) is 18.3 Å². The van der Waals surface area contributed by atoms with Crippen molar-refractivity contribution in [3.8, 4) is 0 Å². The van der Waals surface area contributed by atoms with Gasteiger partial charge in [0.05, 0.1) is 25.7 Å². The highest BCUT2D eigenvalue weighted by Gasteiger charge is 2.43. The van der Waals surface area contributed by atoms with Gasteiger partial charge in [-0.15, -0.1) is 0 Å². The molecule has 2 saturated heterocycles. The van der Waals surface area contributed by atoms with Crippen molar-refractivity contribution in [1.29, 1.82) is 0 Å². The quantitative estimate of drug-likeness (QED) is 0.425. The number of aliphatic hydroxyl groups excluding tert-OH is 2. The van der Waals surface area contributed by atoms with Crippen molar-refractivity contribution in [1.82, 2.24) is 15.5 Å². The molecular weight excluding hydrogens is 378 g/mol. The number of nitrogens with one attached hydrogen (secondary N) is 2. The van der Waals surface area contributed by atoms with Crippen LogP contribution in [0.15, 0.2) is 30.3 Å². The first-order chi connectivity index (χ1) is 14.0. The molecule has 2 fully saturated rings. The van der Waals surface area contributed by atoms with E-state index in [0.717, 1.165) is 19.6 Å². The van der Waals surface area contributed by atoms with E-state index in [-0.39, 0.29) is 24.8 Å². The van der Waals surface area contributed by atoms with Crippen LogP contribution in [0.5, 0.6) is 0 Å². The van der Waals surface area contributed by atoms with Crippen LogP contribution in [0.3, 0.4) is 0 Å². The van der Waals surface area contributed by atoms with E-state index < -0.39 is 24.4 Å². The molecule has 2 aliphatic rings. The summed E-state index contributed by atoms with van der Waals surface area (Å²) in [5.74, 6) is -0.538. The lowest BCUT2D eigenvalue weighted by atomic mass is 10.1. The molecule has 4 atom stereocenters. The number of benzene rings is 1. The van der Waals surface area contributed by atoms with E-state index >= 15 is 0 Å². The van der Waals surface area contributed by atoms with Gasteiger partial charge < -0.3 is 30.3 Å². The van der Waals surface area contributed by atoms with Crippen molar-refractivity contribution in [3.05, 3.63) is 35.9 Å². The molecule has 9 heteroatoms. The Balaban J connectivity index is 1.39. The second-order valence-corrected chi connectivity index (χ2v) is 7.28. The molecule has 0 aliphatic carbocycles. The molecule has 0 unspecified atom stereocenters. The van der Waals surface area contributed by atoms with Crippen LogP contribution in [0.2, 0.25) is 0 Å². The van der Waals surface area contributed by atoms with Crippen molar-refractivity contribution in [2.24, 2.45) is 0 Å². The lowest BCUT2D eigenvalue weighted by Gasteiger charge is -2.26. The maximum Gasteiger partial charge on any atom is 0.251 e. The molecule has 1 aromatic rings. The number of carbonyl (C=O) groups excluding carboxylic acids is 2. The summed E-state index contributed by atoms with van der Waals surface area (Å²) in [6.07, 6.45) is -3.99. The van der Waals surface area contributed by atoms with Crippen molar-refractivity contribution >= 4 is 11.8 Å². The van der Waals surface area contributed by atoms with Gasteiger partial charge in [-0.25, -0.2) is 0 Å². The van der Waals surface area contributed by atoms with Crippen LogP contribution >= 0.6 is 0 Å². The van der Waals surface area contributed by atoms with E-state index in [9.17, 15) is 19.8 Å². The average Bonchev–Trinajstić information content (AvgIpc) is 3.01. The molecular formula is C20H29N3O6. The molecule has 2 heterocycles. The van der Waals surface area contributed by atoms with Gasteiger partial charge in [0.25, 0.3) is 5.91 Å². The minimum atomic E-state index is -1.18. The standard InChI is InChI=1S/C20H29N3O6/c24-17(21-6-7-23-8-10-28-11-9-23)12-15-18(25)19(26)16(29-15)13-22-20(27)14-4-2-1-3-5-14/h1-5,15-16,18-19,25-26H,6-13H2,(H,21,24)(H,22,27)/t15-,16+,18-,19+/m0/s1. The lowest BCUT2D eigenvalue weighted by Crippen LogP contribution is -2.42. The third-order valence-corrected chi connectivity index (χ3v) is 5.20. The highest BCUT2D eigenvalue weighted by atomic mass is 16.5. The van der Waals surface area contributed by atoms with Crippen molar-refractivity contribution < 1.29 is 29.3 Å². The van der Waals surface area contributed by atoms with Crippen LogP contribution in [0.4, 0.5) is 0 Å². The molecule has 0 aromatic heterocycles. The third-order valence-electron chi connectivity index (χ3n) is 5.20. The Labute approximate surface area is 170 Å². The van der Waals surface area contributed by atoms with Crippen LogP contribution in [-0.4, -0.2) is 97.3 Å². The van der Waals surface area contributed by atoms with Crippen LogP contribution in [0, 0.1) is 0 Å². The third kappa shape index (κ3) is 6.22. The van der Waals surface area contributed by atoms with Gasteiger partial charge in [-0.2, -0.15) is 0 Å². The molecule has 3 rings (SSSR count). The number of rotatable bonds is 8. The molecule has 2 amide bonds. The number of carbonyl (C=O) groups is 2. The topological polar surface area (TPSA) is 120 Å². The van der Waals surface area contributed by atoms with E-state index in [1.165, 1.54) is 0 Å². The summed E-state index contributed by atoms with van der Waals surface area (Å²) < 4.78 is 10.9. The summed E-state index contributed by atoms with van der Waals surface area (Å²) in [7, 11) is 0. The Bertz CT molecular complexity index is 667. The van der Waals surface area contributed by atoms with Gasteiger partial charge in [0.15, 0.2) is 0 Å². The summed E-state index contributed by atoms with van der Waals surface area (Å²) in [4.78, 5) is 26.5. The molecule has 1 aromatic carbocycles. The zero-order valence-corrected chi connectivity index (χ0v) is 16.3. The maximum absolute atomic E-state index is 12.2. The zero-order valence-electron chi connectivity index (χ0n) is 16.3. The Morgan fingerprint density at radius 2 is 1.72 bits per heavy atom. The Morgan fingerprint density at radius 1 is 1.03 bits per heavy atom. The Morgan fingerprint density at radius 3 is 2.45 bits per heavy atom. The molecule has 29 heavy (non-hydrogen) atoms. The molecule has 0 saturated carbocycles. The molecule has 9 nitrogen and oxygen atoms in total. The summed E-state index contributed by atoms with van der Waals surface area (Å²) in [6.45, 7) is 4.39. The van der Waals surface area contributed by atoms with E-state index in [1.807, 2.05) is 6.07 Å². The van der Waals surface area contributed by atoms with Crippen molar-refractivity contribution in [2.45, 2.75) is 30.8 Å². The first kappa shape index (κ1) is 21.7. The molecule has 0 spiro atoms. The number of nitrogens with zero attached hydrogens (tertiary/aromatic N) is 1. The fourth-order valence-electron chi connectivity index (χ4n) is 3.48. The summed E-state index contributed by atoms with van der Waals surface area (Å²) in [5.41, 5.74) is 0.497. The molecule has 0 radical (unpaired) electrons. The van der Waals surface area contributed by atoms with Gasteiger partial charge in [-0.05, 0) is 12.1 Å². The van der Waals surface area contributed by atoms with Gasteiger partial charge in [-0.1, -0.05) is 18.2 Å². The summed E-state index contributed by atoms with van der Waals surface area (Å²) in [6, 6.07) is 8.69. The predicted molar refractivity (Wildman–Crippen MR) is 104 cm³/mol. The highest BCUT2D eigenvalue weighted by molar-refractivity contribution is 5.94. The number of hydrogen-bond donors (Lipinski definition) is 4. The smallest absolute Gasteiger partial charge is 0.251 e. The van der Waals surface area contributed by atoms with Crippen LogP contribution in [-0.2, 0) is 14.3 Å². The fraction of sp³-hybridized carbons (Fsp3) is 0.600. The van der Waals surface area contributed by atoms with Crippen molar-refractivity contribution in [3.63, 3.8) is 0 Å². The summed E-state index contributed by atoms with van der Waals surface area (Å²) >= 11 is 0. The Kier molecular flexibility index (Phi) is 7.96. The van der Waals surface area contributed by atoms with Gasteiger partial charge in [0, 0.05) is 38.3 Å². The van der Waals surface area contributed by atoms with Crippen LogP contribution in [0.25, 0.3) is 0 Å². The largest absolute Gasteiger partial charge is 0.388 e.